The molecule has 0 saturated carbocycles. The Balaban J connectivity index is 2.97. The van der Waals surface area contributed by atoms with Gasteiger partial charge in [0.1, 0.15) is 17.4 Å². The van der Waals surface area contributed by atoms with E-state index in [-0.39, 0.29) is 12.2 Å². The standard InChI is InChI=1S/C15H16N2O4/c1-3-20-13-8-6-5-7-11(13)9-12(10-16)14(18)17-15(19)21-4-2/h5-9H,3-4H2,1-2H3,(H,17,18,19)/b12-9+. The molecule has 0 aliphatic carbocycles. The average Bonchev–Trinajstić information content (AvgIpc) is 2.46. The third kappa shape index (κ3) is 4.99. The maximum Gasteiger partial charge on any atom is 0.414 e. The highest BCUT2D eigenvalue weighted by molar-refractivity contribution is 6.08. The van der Waals surface area contributed by atoms with Gasteiger partial charge in [0, 0.05) is 5.56 Å². The zero-order valence-electron chi connectivity index (χ0n) is 11.9. The molecule has 110 valence electrons. The third-order valence-corrected chi connectivity index (χ3v) is 2.37. The first-order chi connectivity index (χ1) is 10.1. The van der Waals surface area contributed by atoms with E-state index in [1.165, 1.54) is 6.08 Å². The van der Waals surface area contributed by atoms with E-state index in [1.54, 1.807) is 37.3 Å². The Labute approximate surface area is 123 Å². The maximum atomic E-state index is 11.8. The summed E-state index contributed by atoms with van der Waals surface area (Å²) in [5, 5.41) is 11.0. The van der Waals surface area contributed by atoms with Gasteiger partial charge in [-0.05, 0) is 26.0 Å². The van der Waals surface area contributed by atoms with Gasteiger partial charge in [-0.3, -0.25) is 10.1 Å². The molecule has 2 amide bonds. The van der Waals surface area contributed by atoms with E-state index in [9.17, 15) is 9.59 Å². The molecule has 1 aromatic carbocycles. The van der Waals surface area contributed by atoms with E-state index in [0.717, 1.165) is 0 Å². The number of rotatable bonds is 5. The van der Waals surface area contributed by atoms with E-state index in [2.05, 4.69) is 4.74 Å². The van der Waals surface area contributed by atoms with E-state index < -0.39 is 12.0 Å². The molecule has 6 heteroatoms. The highest BCUT2D eigenvalue weighted by atomic mass is 16.5. The molecule has 1 rings (SSSR count). The minimum atomic E-state index is -0.887. The second-order valence-electron chi connectivity index (χ2n) is 3.82. The van der Waals surface area contributed by atoms with E-state index in [4.69, 9.17) is 10.00 Å². The van der Waals surface area contributed by atoms with Crippen molar-refractivity contribution >= 4 is 18.1 Å². The van der Waals surface area contributed by atoms with Gasteiger partial charge in [0.05, 0.1) is 13.2 Å². The zero-order chi connectivity index (χ0) is 15.7. The monoisotopic (exact) mass is 288 g/mol. The fraction of sp³-hybridized carbons (Fsp3) is 0.267. The number of hydrogen-bond donors (Lipinski definition) is 1. The SMILES string of the molecule is CCOC(=O)NC(=O)/C(C#N)=C/c1ccccc1OCC. The van der Waals surface area contributed by atoms with Crippen LogP contribution in [-0.2, 0) is 9.53 Å². The topological polar surface area (TPSA) is 88.4 Å². The van der Waals surface area contributed by atoms with Crippen LogP contribution in [0.1, 0.15) is 19.4 Å². The molecule has 0 radical (unpaired) electrons. The Morgan fingerprint density at radius 2 is 2.00 bits per heavy atom. The molecule has 0 fully saturated rings. The Bertz CT molecular complexity index is 588. The quantitative estimate of drug-likeness (QED) is 0.663. The number of nitrogens with zero attached hydrogens (tertiary/aromatic N) is 1. The number of amides is 2. The maximum absolute atomic E-state index is 11.8. The molecule has 0 bridgehead atoms. The normalized spacial score (nSPS) is 10.4. The van der Waals surface area contributed by atoms with Crippen LogP contribution in [0.3, 0.4) is 0 Å². The molecule has 0 unspecified atom stereocenters. The van der Waals surface area contributed by atoms with Gasteiger partial charge < -0.3 is 9.47 Å². The molecule has 1 N–H and O–H groups in total. The summed E-state index contributed by atoms with van der Waals surface area (Å²) in [6.45, 7) is 4.04. The van der Waals surface area contributed by atoms with Crippen molar-refractivity contribution in [3.63, 3.8) is 0 Å². The van der Waals surface area contributed by atoms with Crippen molar-refractivity contribution in [1.29, 1.82) is 5.26 Å². The number of alkyl carbamates (subject to hydrolysis) is 1. The Kier molecular flexibility index (Phi) is 6.48. The number of benzene rings is 1. The molecular weight excluding hydrogens is 272 g/mol. The third-order valence-electron chi connectivity index (χ3n) is 2.37. The number of nitriles is 1. The smallest absolute Gasteiger partial charge is 0.414 e. The molecule has 1 aromatic rings. The summed E-state index contributed by atoms with van der Waals surface area (Å²) >= 11 is 0. The lowest BCUT2D eigenvalue weighted by Gasteiger charge is -2.07. The highest BCUT2D eigenvalue weighted by Crippen LogP contribution is 2.20. The summed E-state index contributed by atoms with van der Waals surface area (Å²) < 4.78 is 9.99. The number of ether oxygens (including phenoxy) is 2. The Hall–Kier alpha value is -2.81. The predicted molar refractivity (Wildman–Crippen MR) is 76.4 cm³/mol. The van der Waals surface area contributed by atoms with Crippen LogP contribution in [0.4, 0.5) is 4.79 Å². The summed E-state index contributed by atoms with van der Waals surface area (Å²) in [5.41, 5.74) is 0.366. The molecule has 0 spiro atoms. The van der Waals surface area contributed by atoms with Gasteiger partial charge in [-0.1, -0.05) is 18.2 Å². The summed E-state index contributed by atoms with van der Waals surface area (Å²) in [6, 6.07) is 8.73. The van der Waals surface area contributed by atoms with Gasteiger partial charge in [0.15, 0.2) is 0 Å². The fourth-order valence-corrected chi connectivity index (χ4v) is 1.52. The van der Waals surface area contributed by atoms with Crippen LogP contribution in [-0.4, -0.2) is 25.2 Å². The van der Waals surface area contributed by atoms with Crippen molar-refractivity contribution in [1.82, 2.24) is 5.32 Å². The molecule has 0 aromatic heterocycles. The molecule has 6 nitrogen and oxygen atoms in total. The average molecular weight is 288 g/mol. The number of hydrogen-bond acceptors (Lipinski definition) is 5. The van der Waals surface area contributed by atoms with Crippen LogP contribution >= 0.6 is 0 Å². The Morgan fingerprint density at radius 1 is 1.29 bits per heavy atom. The summed E-state index contributed by atoms with van der Waals surface area (Å²) in [4.78, 5) is 23.0. The summed E-state index contributed by atoms with van der Waals surface area (Å²) in [7, 11) is 0. The lowest BCUT2D eigenvalue weighted by atomic mass is 10.1. The molecule has 0 atom stereocenters. The number of para-hydroxylation sites is 1. The molecule has 0 aliphatic heterocycles. The molecule has 0 saturated heterocycles. The minimum absolute atomic E-state index is 0.137. The van der Waals surface area contributed by atoms with Crippen molar-refractivity contribution < 1.29 is 19.1 Å². The van der Waals surface area contributed by atoms with E-state index in [0.29, 0.717) is 17.9 Å². The molecule has 0 aliphatic rings. The fourth-order valence-electron chi connectivity index (χ4n) is 1.52. The number of nitrogens with one attached hydrogen (secondary N) is 1. The van der Waals surface area contributed by atoms with Gasteiger partial charge in [0.2, 0.25) is 0 Å². The second-order valence-corrected chi connectivity index (χ2v) is 3.82. The first-order valence-electron chi connectivity index (χ1n) is 6.44. The van der Waals surface area contributed by atoms with Crippen LogP contribution < -0.4 is 10.1 Å². The van der Waals surface area contributed by atoms with Crippen LogP contribution in [0, 0.1) is 11.3 Å². The van der Waals surface area contributed by atoms with Crippen LogP contribution in [0.15, 0.2) is 29.8 Å². The molecule has 0 heterocycles. The number of imide groups is 1. The van der Waals surface area contributed by atoms with Gasteiger partial charge in [-0.2, -0.15) is 5.26 Å². The second kappa shape index (κ2) is 8.38. The largest absolute Gasteiger partial charge is 0.493 e. The predicted octanol–water partition coefficient (Wildman–Crippen LogP) is 2.26. The van der Waals surface area contributed by atoms with E-state index in [1.807, 2.05) is 12.2 Å². The first kappa shape index (κ1) is 16.2. The van der Waals surface area contributed by atoms with Crippen molar-refractivity contribution in [2.45, 2.75) is 13.8 Å². The summed E-state index contributed by atoms with van der Waals surface area (Å²) in [5.74, 6) is -0.265. The number of carbonyl (C=O) groups excluding carboxylic acids is 2. The van der Waals surface area contributed by atoms with Crippen molar-refractivity contribution in [2.75, 3.05) is 13.2 Å². The van der Waals surface area contributed by atoms with Gasteiger partial charge in [0.25, 0.3) is 5.91 Å². The van der Waals surface area contributed by atoms with E-state index >= 15 is 0 Å². The lowest BCUT2D eigenvalue weighted by molar-refractivity contribution is -0.116. The first-order valence-corrected chi connectivity index (χ1v) is 6.44. The van der Waals surface area contributed by atoms with Crippen molar-refractivity contribution in [2.24, 2.45) is 0 Å². The van der Waals surface area contributed by atoms with Crippen LogP contribution in [0.5, 0.6) is 5.75 Å². The van der Waals surface area contributed by atoms with Crippen LogP contribution in [0.2, 0.25) is 0 Å². The lowest BCUT2D eigenvalue weighted by Crippen LogP contribution is -2.31. The van der Waals surface area contributed by atoms with Gasteiger partial charge >= 0.3 is 6.09 Å². The number of carbonyl (C=O) groups is 2. The van der Waals surface area contributed by atoms with Crippen molar-refractivity contribution in [3.05, 3.63) is 35.4 Å². The summed E-state index contributed by atoms with van der Waals surface area (Å²) in [6.07, 6.45) is 0.473. The zero-order valence-corrected chi connectivity index (χ0v) is 11.9. The van der Waals surface area contributed by atoms with Crippen LogP contribution in [0.25, 0.3) is 6.08 Å². The van der Waals surface area contributed by atoms with Crippen molar-refractivity contribution in [3.8, 4) is 11.8 Å². The highest BCUT2D eigenvalue weighted by Gasteiger charge is 2.14. The molecule has 21 heavy (non-hydrogen) atoms. The molecular formula is C15H16N2O4. The Morgan fingerprint density at radius 3 is 2.62 bits per heavy atom. The minimum Gasteiger partial charge on any atom is -0.493 e. The van der Waals surface area contributed by atoms with Gasteiger partial charge in [-0.25, -0.2) is 4.79 Å². The van der Waals surface area contributed by atoms with Gasteiger partial charge in [-0.15, -0.1) is 0 Å².